The highest BCUT2D eigenvalue weighted by Gasteiger charge is 2.24. The Morgan fingerprint density at radius 2 is 2.14 bits per heavy atom. The molecule has 0 aliphatic carbocycles. The molecule has 0 spiro atoms. The first-order valence-electron chi connectivity index (χ1n) is 7.74. The first kappa shape index (κ1) is 13.3. The van der Waals surface area contributed by atoms with Crippen LogP contribution in [0.1, 0.15) is 12.5 Å². The van der Waals surface area contributed by atoms with E-state index in [-0.39, 0.29) is 6.10 Å². The van der Waals surface area contributed by atoms with E-state index in [1.54, 1.807) is 0 Å². The Morgan fingerprint density at radius 3 is 2.91 bits per heavy atom. The van der Waals surface area contributed by atoms with E-state index in [4.69, 9.17) is 0 Å². The fourth-order valence-corrected chi connectivity index (χ4v) is 3.06. The Labute approximate surface area is 129 Å². The van der Waals surface area contributed by atoms with Crippen LogP contribution in [0.5, 0.6) is 0 Å². The highest BCUT2D eigenvalue weighted by molar-refractivity contribution is 5.85. The monoisotopic (exact) mass is 293 g/mol. The molecule has 0 saturated carbocycles. The molecule has 1 aliphatic rings. The molecular weight excluding hydrogens is 274 g/mol. The number of pyridine rings is 1. The Balaban J connectivity index is 1.73. The van der Waals surface area contributed by atoms with Gasteiger partial charge in [-0.3, -0.25) is 0 Å². The Bertz CT molecular complexity index is 818. The summed E-state index contributed by atoms with van der Waals surface area (Å²) < 4.78 is 0. The molecule has 22 heavy (non-hydrogen) atoms. The zero-order valence-electron chi connectivity index (χ0n) is 12.6. The van der Waals surface area contributed by atoms with Gasteiger partial charge in [0.1, 0.15) is 5.65 Å². The van der Waals surface area contributed by atoms with Gasteiger partial charge >= 0.3 is 0 Å². The van der Waals surface area contributed by atoms with E-state index in [1.807, 2.05) is 12.4 Å². The molecule has 3 aromatic rings. The zero-order chi connectivity index (χ0) is 15.1. The van der Waals surface area contributed by atoms with Gasteiger partial charge in [0.2, 0.25) is 0 Å². The minimum Gasteiger partial charge on any atom is -0.389 e. The van der Waals surface area contributed by atoms with Crippen LogP contribution in [0.2, 0.25) is 0 Å². The molecule has 0 unspecified atom stereocenters. The van der Waals surface area contributed by atoms with Crippen molar-refractivity contribution in [3.05, 3.63) is 48.3 Å². The number of hydrogen-bond donors (Lipinski definition) is 2. The van der Waals surface area contributed by atoms with E-state index in [2.05, 4.69) is 52.1 Å². The maximum atomic E-state index is 9.46. The summed E-state index contributed by atoms with van der Waals surface area (Å²) in [5.41, 5.74) is 5.70. The number of anilines is 1. The lowest BCUT2D eigenvalue weighted by molar-refractivity contribution is 0.142. The SMILES string of the molecule is CCc1c[nH]c2ncc(-c3cccc(N4CC(O)C4)c3)cc12. The normalized spacial score (nSPS) is 15.3. The van der Waals surface area contributed by atoms with Crippen LogP contribution in [0.3, 0.4) is 0 Å². The van der Waals surface area contributed by atoms with Gasteiger partial charge in [0.15, 0.2) is 0 Å². The quantitative estimate of drug-likeness (QED) is 0.780. The number of aromatic nitrogens is 2. The van der Waals surface area contributed by atoms with Crippen LogP contribution < -0.4 is 4.90 Å². The second-order valence-corrected chi connectivity index (χ2v) is 5.90. The summed E-state index contributed by atoms with van der Waals surface area (Å²) in [6.07, 6.45) is 4.77. The van der Waals surface area contributed by atoms with Gasteiger partial charge in [-0.05, 0) is 35.7 Å². The van der Waals surface area contributed by atoms with Crippen molar-refractivity contribution in [1.82, 2.24) is 9.97 Å². The minimum absolute atomic E-state index is 0.186. The van der Waals surface area contributed by atoms with E-state index < -0.39 is 0 Å². The summed E-state index contributed by atoms with van der Waals surface area (Å²) in [6.45, 7) is 3.60. The van der Waals surface area contributed by atoms with Crippen LogP contribution in [-0.4, -0.2) is 34.3 Å². The standard InChI is InChI=1S/C18H19N3O/c1-2-12-8-19-18-17(12)7-14(9-20-18)13-4-3-5-15(6-13)21-10-16(22)11-21/h3-9,16,22H,2,10-11H2,1H3,(H,19,20). The second kappa shape index (κ2) is 5.14. The van der Waals surface area contributed by atoms with Gasteiger partial charge in [-0.2, -0.15) is 0 Å². The van der Waals surface area contributed by atoms with Crippen LogP contribution in [0.25, 0.3) is 22.2 Å². The number of rotatable bonds is 3. The van der Waals surface area contributed by atoms with Crippen molar-refractivity contribution < 1.29 is 5.11 Å². The Kier molecular flexibility index (Phi) is 3.12. The highest BCUT2D eigenvalue weighted by Crippen LogP contribution is 2.29. The summed E-state index contributed by atoms with van der Waals surface area (Å²) in [7, 11) is 0. The maximum Gasteiger partial charge on any atom is 0.137 e. The number of aliphatic hydroxyl groups excluding tert-OH is 1. The second-order valence-electron chi connectivity index (χ2n) is 5.90. The number of hydrogen-bond acceptors (Lipinski definition) is 3. The molecule has 112 valence electrons. The minimum atomic E-state index is -0.186. The van der Waals surface area contributed by atoms with Crippen molar-refractivity contribution in [2.45, 2.75) is 19.4 Å². The van der Waals surface area contributed by atoms with Crippen molar-refractivity contribution in [2.75, 3.05) is 18.0 Å². The summed E-state index contributed by atoms with van der Waals surface area (Å²) in [5, 5.41) is 10.7. The molecule has 1 aliphatic heterocycles. The molecule has 4 heteroatoms. The van der Waals surface area contributed by atoms with Crippen LogP contribution in [0.4, 0.5) is 5.69 Å². The van der Waals surface area contributed by atoms with Crippen molar-refractivity contribution in [2.24, 2.45) is 0 Å². The summed E-state index contributed by atoms with van der Waals surface area (Å²) in [5.74, 6) is 0. The number of aryl methyl sites for hydroxylation is 1. The molecular formula is C18H19N3O. The van der Waals surface area contributed by atoms with Crippen molar-refractivity contribution in [3.63, 3.8) is 0 Å². The number of nitrogens with zero attached hydrogens (tertiary/aromatic N) is 2. The first-order valence-corrected chi connectivity index (χ1v) is 7.74. The third kappa shape index (κ3) is 2.16. The summed E-state index contributed by atoms with van der Waals surface area (Å²) in [4.78, 5) is 9.95. The molecule has 3 heterocycles. The van der Waals surface area contributed by atoms with Crippen LogP contribution in [0.15, 0.2) is 42.7 Å². The third-order valence-electron chi connectivity index (χ3n) is 4.40. The van der Waals surface area contributed by atoms with E-state index in [0.717, 1.165) is 42.0 Å². The fourth-order valence-electron chi connectivity index (χ4n) is 3.06. The number of β-amino-alcohol motifs (C(OH)–C–C–N with tert-alkyl or cyclic N) is 1. The van der Waals surface area contributed by atoms with Crippen LogP contribution in [-0.2, 0) is 6.42 Å². The van der Waals surface area contributed by atoms with Crippen LogP contribution in [0, 0.1) is 0 Å². The molecule has 0 radical (unpaired) electrons. The molecule has 0 amide bonds. The number of H-pyrrole nitrogens is 1. The first-order chi connectivity index (χ1) is 10.7. The number of nitrogens with one attached hydrogen (secondary N) is 1. The van der Waals surface area contributed by atoms with Gasteiger partial charge in [0.05, 0.1) is 6.10 Å². The predicted octanol–water partition coefficient (Wildman–Crippen LogP) is 2.97. The lowest BCUT2D eigenvalue weighted by Crippen LogP contribution is -2.50. The average molecular weight is 293 g/mol. The van der Waals surface area contributed by atoms with Crippen molar-refractivity contribution in [1.29, 1.82) is 0 Å². The molecule has 1 aromatic carbocycles. The van der Waals surface area contributed by atoms with Gasteiger partial charge in [0, 0.05) is 42.1 Å². The summed E-state index contributed by atoms with van der Waals surface area (Å²) >= 11 is 0. The van der Waals surface area contributed by atoms with Gasteiger partial charge < -0.3 is 15.0 Å². The predicted molar refractivity (Wildman–Crippen MR) is 89.1 cm³/mol. The van der Waals surface area contributed by atoms with E-state index in [9.17, 15) is 5.11 Å². The molecule has 2 aromatic heterocycles. The highest BCUT2D eigenvalue weighted by atomic mass is 16.3. The van der Waals surface area contributed by atoms with Gasteiger partial charge in [0.25, 0.3) is 0 Å². The molecule has 1 saturated heterocycles. The zero-order valence-corrected chi connectivity index (χ0v) is 12.6. The molecule has 4 rings (SSSR count). The van der Waals surface area contributed by atoms with Crippen LogP contribution >= 0.6 is 0 Å². The number of benzene rings is 1. The average Bonchev–Trinajstić information content (AvgIpc) is 2.94. The fraction of sp³-hybridized carbons (Fsp3) is 0.278. The number of aromatic amines is 1. The molecule has 0 atom stereocenters. The lowest BCUT2D eigenvalue weighted by atomic mass is 10.0. The Morgan fingerprint density at radius 1 is 1.27 bits per heavy atom. The Hall–Kier alpha value is -2.33. The summed E-state index contributed by atoms with van der Waals surface area (Å²) in [6, 6.07) is 10.7. The van der Waals surface area contributed by atoms with E-state index in [0.29, 0.717) is 0 Å². The maximum absolute atomic E-state index is 9.46. The number of fused-ring (bicyclic) bond motifs is 1. The van der Waals surface area contributed by atoms with E-state index >= 15 is 0 Å². The molecule has 1 fully saturated rings. The van der Waals surface area contributed by atoms with Crippen molar-refractivity contribution in [3.8, 4) is 11.1 Å². The number of aliphatic hydroxyl groups is 1. The van der Waals surface area contributed by atoms with Gasteiger partial charge in [-0.15, -0.1) is 0 Å². The lowest BCUT2D eigenvalue weighted by Gasteiger charge is -2.38. The van der Waals surface area contributed by atoms with Gasteiger partial charge in [-0.1, -0.05) is 19.1 Å². The molecule has 4 nitrogen and oxygen atoms in total. The van der Waals surface area contributed by atoms with Gasteiger partial charge in [-0.25, -0.2) is 4.98 Å². The molecule has 0 bridgehead atoms. The molecule has 2 N–H and O–H groups in total. The van der Waals surface area contributed by atoms with Crippen molar-refractivity contribution >= 4 is 16.7 Å². The van der Waals surface area contributed by atoms with E-state index in [1.165, 1.54) is 10.9 Å². The third-order valence-corrected chi connectivity index (χ3v) is 4.40. The smallest absolute Gasteiger partial charge is 0.137 e. The topological polar surface area (TPSA) is 52.2 Å². The largest absolute Gasteiger partial charge is 0.389 e.